The van der Waals surface area contributed by atoms with E-state index in [4.69, 9.17) is 8.85 Å². The van der Waals surface area contributed by atoms with Crippen LogP contribution in [0, 0.1) is 0 Å². The van der Waals surface area contributed by atoms with Crippen molar-refractivity contribution in [1.82, 2.24) is 0 Å². The van der Waals surface area contributed by atoms with E-state index in [-0.39, 0.29) is 11.9 Å². The summed E-state index contributed by atoms with van der Waals surface area (Å²) in [6.07, 6.45) is 6.72. The second-order valence-corrected chi connectivity index (χ2v) is 16.3. The van der Waals surface area contributed by atoms with Crippen molar-refractivity contribution in [2.24, 2.45) is 0 Å². The summed E-state index contributed by atoms with van der Waals surface area (Å²) in [6, 6.07) is 2.05. The number of unbranched alkanes of at least 4 members (excludes halogenated alkanes) is 3. The molecular formula is C18H38O4Si2. The van der Waals surface area contributed by atoms with Gasteiger partial charge in [-0.15, -0.1) is 0 Å². The van der Waals surface area contributed by atoms with Crippen LogP contribution in [-0.4, -0.2) is 28.6 Å². The molecule has 142 valence electrons. The number of carbonyl (C=O) groups is 2. The van der Waals surface area contributed by atoms with Crippen molar-refractivity contribution in [1.29, 1.82) is 0 Å². The smallest absolute Gasteiger partial charge is 0.292 e. The van der Waals surface area contributed by atoms with Gasteiger partial charge in [0.1, 0.15) is 0 Å². The molecular weight excluding hydrogens is 336 g/mol. The minimum atomic E-state index is -1.85. The topological polar surface area (TPSA) is 52.6 Å². The maximum absolute atomic E-state index is 11.9. The monoisotopic (exact) mass is 374 g/mol. The van der Waals surface area contributed by atoms with Crippen LogP contribution in [0.4, 0.5) is 0 Å². The Morgan fingerprint density at radius 3 is 1.29 bits per heavy atom. The van der Waals surface area contributed by atoms with Crippen LogP contribution in [-0.2, 0) is 18.4 Å². The first-order valence-corrected chi connectivity index (χ1v) is 15.8. The van der Waals surface area contributed by atoms with E-state index < -0.39 is 16.6 Å². The molecule has 6 heteroatoms. The van der Waals surface area contributed by atoms with E-state index in [1.54, 1.807) is 0 Å². The van der Waals surface area contributed by atoms with Gasteiger partial charge in [0, 0.05) is 12.8 Å². The zero-order valence-electron chi connectivity index (χ0n) is 16.7. The average molecular weight is 375 g/mol. The van der Waals surface area contributed by atoms with Crippen LogP contribution in [0.25, 0.3) is 0 Å². The predicted molar refractivity (Wildman–Crippen MR) is 105 cm³/mol. The Kier molecular flexibility index (Phi) is 11.5. The summed E-state index contributed by atoms with van der Waals surface area (Å²) in [5, 5.41) is 0. The molecule has 0 N–H and O–H groups in total. The maximum atomic E-state index is 11.9. The Balaban J connectivity index is 3.92. The van der Waals surface area contributed by atoms with Gasteiger partial charge in [-0.2, -0.15) is 0 Å². The molecule has 0 bridgehead atoms. The van der Waals surface area contributed by atoms with Crippen molar-refractivity contribution < 1.29 is 18.4 Å². The lowest BCUT2D eigenvalue weighted by Gasteiger charge is -2.23. The first-order valence-electron chi connectivity index (χ1n) is 9.55. The van der Waals surface area contributed by atoms with Crippen LogP contribution in [0.1, 0.15) is 65.2 Å². The van der Waals surface area contributed by atoms with Crippen molar-refractivity contribution in [3.63, 3.8) is 0 Å². The summed E-state index contributed by atoms with van der Waals surface area (Å²) < 4.78 is 11.3. The summed E-state index contributed by atoms with van der Waals surface area (Å²) in [4.78, 5) is 23.8. The molecule has 4 nitrogen and oxygen atoms in total. The standard InChI is InChI=1S/C18H38O4Si2/c1-7-9-15-23(3,4)21-17(19)13-11-12-14-18(20)22-24(5,6)16-10-8-2/h7-16H2,1-6H3. The quantitative estimate of drug-likeness (QED) is 0.309. The molecule has 0 atom stereocenters. The van der Waals surface area contributed by atoms with Gasteiger partial charge in [0.25, 0.3) is 11.9 Å². The highest BCUT2D eigenvalue weighted by molar-refractivity contribution is 6.72. The highest BCUT2D eigenvalue weighted by Gasteiger charge is 2.27. The molecule has 0 heterocycles. The molecule has 0 rings (SSSR count). The Morgan fingerprint density at radius 1 is 0.667 bits per heavy atom. The number of carbonyl (C=O) groups excluding carboxylic acids is 2. The van der Waals surface area contributed by atoms with Gasteiger partial charge < -0.3 is 8.85 Å². The zero-order valence-corrected chi connectivity index (χ0v) is 18.7. The van der Waals surface area contributed by atoms with Gasteiger partial charge >= 0.3 is 0 Å². The SMILES string of the molecule is CCCC[Si](C)(C)OC(=O)CCCCC(=O)O[Si](C)(C)CCCC. The Morgan fingerprint density at radius 2 is 1.00 bits per heavy atom. The van der Waals surface area contributed by atoms with Crippen molar-refractivity contribution >= 4 is 28.6 Å². The minimum Gasteiger partial charge on any atom is -0.520 e. The van der Waals surface area contributed by atoms with Crippen LogP contribution in [0.15, 0.2) is 0 Å². The van der Waals surface area contributed by atoms with E-state index in [9.17, 15) is 9.59 Å². The molecule has 0 unspecified atom stereocenters. The van der Waals surface area contributed by atoms with E-state index in [1.807, 2.05) is 0 Å². The Bertz CT molecular complexity index is 345. The average Bonchev–Trinajstić information content (AvgIpc) is 2.46. The Hall–Kier alpha value is -0.626. The number of hydrogen-bond acceptors (Lipinski definition) is 4. The lowest BCUT2D eigenvalue weighted by atomic mass is 10.2. The van der Waals surface area contributed by atoms with Gasteiger partial charge in [-0.1, -0.05) is 39.5 Å². The lowest BCUT2D eigenvalue weighted by molar-refractivity contribution is -0.137. The van der Waals surface area contributed by atoms with Crippen molar-refractivity contribution in [2.45, 2.75) is 103 Å². The second kappa shape index (κ2) is 11.8. The van der Waals surface area contributed by atoms with Crippen molar-refractivity contribution in [3.8, 4) is 0 Å². The summed E-state index contributed by atoms with van der Waals surface area (Å²) >= 11 is 0. The van der Waals surface area contributed by atoms with E-state index in [0.717, 1.165) is 37.8 Å². The van der Waals surface area contributed by atoms with Crippen LogP contribution in [0.2, 0.25) is 38.3 Å². The van der Waals surface area contributed by atoms with Crippen LogP contribution in [0.5, 0.6) is 0 Å². The molecule has 24 heavy (non-hydrogen) atoms. The van der Waals surface area contributed by atoms with Gasteiger partial charge in [0.15, 0.2) is 0 Å². The second-order valence-electron chi connectivity index (χ2n) is 7.88. The van der Waals surface area contributed by atoms with Gasteiger partial charge in [-0.05, 0) is 51.1 Å². The highest BCUT2D eigenvalue weighted by Crippen LogP contribution is 2.18. The third kappa shape index (κ3) is 12.8. The van der Waals surface area contributed by atoms with E-state index >= 15 is 0 Å². The molecule has 0 saturated carbocycles. The first-order chi connectivity index (χ1) is 11.1. The molecule has 0 aliphatic heterocycles. The maximum Gasteiger partial charge on any atom is 0.292 e. The fraction of sp³-hybridized carbons (Fsp3) is 0.889. The number of hydrogen-bond donors (Lipinski definition) is 0. The van der Waals surface area contributed by atoms with Crippen molar-refractivity contribution in [2.75, 3.05) is 0 Å². The molecule has 0 aliphatic carbocycles. The molecule has 0 amide bonds. The fourth-order valence-corrected chi connectivity index (χ4v) is 6.62. The molecule has 0 aromatic rings. The summed E-state index contributed by atoms with van der Waals surface area (Å²) in [5.74, 6) is -0.206. The predicted octanol–water partition coefficient (Wildman–Crippen LogP) is 5.64. The lowest BCUT2D eigenvalue weighted by Crippen LogP contribution is -2.33. The third-order valence-corrected chi connectivity index (χ3v) is 8.73. The van der Waals surface area contributed by atoms with Gasteiger partial charge in [0.05, 0.1) is 0 Å². The third-order valence-electron chi connectivity index (χ3n) is 4.06. The van der Waals surface area contributed by atoms with E-state index in [0.29, 0.717) is 25.7 Å². The largest absolute Gasteiger partial charge is 0.520 e. The normalized spacial score (nSPS) is 12.1. The molecule has 0 fully saturated rings. The summed E-state index contributed by atoms with van der Waals surface area (Å²) in [5.41, 5.74) is 0. The highest BCUT2D eigenvalue weighted by atomic mass is 28.4. The molecule has 0 spiro atoms. The van der Waals surface area contributed by atoms with Gasteiger partial charge in [-0.25, -0.2) is 0 Å². The minimum absolute atomic E-state index is 0.103. The van der Waals surface area contributed by atoms with Gasteiger partial charge in [-0.3, -0.25) is 9.59 Å². The summed E-state index contributed by atoms with van der Waals surface area (Å²) in [6.45, 7) is 12.7. The van der Waals surface area contributed by atoms with E-state index in [2.05, 4.69) is 40.0 Å². The van der Waals surface area contributed by atoms with Crippen LogP contribution >= 0.6 is 0 Å². The van der Waals surface area contributed by atoms with Crippen LogP contribution in [0.3, 0.4) is 0 Å². The first kappa shape index (κ1) is 23.4. The van der Waals surface area contributed by atoms with Crippen molar-refractivity contribution in [3.05, 3.63) is 0 Å². The molecule has 0 aromatic heterocycles. The van der Waals surface area contributed by atoms with Gasteiger partial charge in [0.2, 0.25) is 16.6 Å². The van der Waals surface area contributed by atoms with Crippen LogP contribution < -0.4 is 0 Å². The molecule has 0 aromatic carbocycles. The molecule has 0 aliphatic rings. The zero-order chi connectivity index (χ0) is 18.6. The number of rotatable bonds is 13. The summed E-state index contributed by atoms with van der Waals surface area (Å²) in [7, 11) is -3.70. The van der Waals surface area contributed by atoms with E-state index in [1.165, 1.54) is 0 Å². The molecule has 0 saturated heterocycles. The Labute approximate surface area is 151 Å². The fourth-order valence-electron chi connectivity index (χ4n) is 2.56. The molecule has 0 radical (unpaired) electrons.